The van der Waals surface area contributed by atoms with E-state index in [2.05, 4.69) is 24.2 Å². The molecule has 1 N–H and O–H groups in total. The van der Waals surface area contributed by atoms with E-state index in [1.165, 1.54) is 32.4 Å². The largest absolute Gasteiger partial charge is 0.319 e. The molecule has 0 spiro atoms. The zero-order chi connectivity index (χ0) is 8.55. The van der Waals surface area contributed by atoms with Gasteiger partial charge >= 0.3 is 0 Å². The molecule has 1 saturated heterocycles. The van der Waals surface area contributed by atoms with Gasteiger partial charge in [0.05, 0.1) is 0 Å². The summed E-state index contributed by atoms with van der Waals surface area (Å²) in [4.78, 5) is 2.71. The second kappa shape index (κ2) is 3.35. The third-order valence-corrected chi connectivity index (χ3v) is 3.45. The monoisotopic (exact) mass is 168 g/mol. The lowest BCUT2D eigenvalue weighted by Crippen LogP contribution is -2.34. The van der Waals surface area contributed by atoms with Gasteiger partial charge in [-0.25, -0.2) is 0 Å². The number of hydrogen-bond donors (Lipinski definition) is 1. The van der Waals surface area contributed by atoms with Gasteiger partial charge < -0.3 is 5.32 Å². The molecule has 0 aromatic heterocycles. The highest BCUT2D eigenvalue weighted by molar-refractivity contribution is 4.94. The van der Waals surface area contributed by atoms with Crippen LogP contribution in [0, 0.1) is 5.92 Å². The average Bonchev–Trinajstić information content (AvgIpc) is 2.82. The molecule has 1 saturated carbocycles. The Balaban J connectivity index is 1.87. The molecule has 2 aliphatic rings. The van der Waals surface area contributed by atoms with Gasteiger partial charge in [-0.3, -0.25) is 4.90 Å². The Morgan fingerprint density at radius 2 is 2.08 bits per heavy atom. The van der Waals surface area contributed by atoms with Crippen LogP contribution < -0.4 is 5.32 Å². The Kier molecular flexibility index (Phi) is 2.37. The summed E-state index contributed by atoms with van der Waals surface area (Å²) in [5.74, 6) is 0.899. The molecule has 1 heterocycles. The lowest BCUT2D eigenvalue weighted by Gasteiger charge is -2.24. The van der Waals surface area contributed by atoms with E-state index in [-0.39, 0.29) is 0 Å². The molecule has 0 bridgehead atoms. The van der Waals surface area contributed by atoms with Crippen molar-refractivity contribution in [1.82, 2.24) is 10.2 Å². The van der Waals surface area contributed by atoms with Crippen LogP contribution in [0.1, 0.15) is 26.2 Å². The van der Waals surface area contributed by atoms with E-state index in [9.17, 15) is 0 Å². The van der Waals surface area contributed by atoms with Crippen molar-refractivity contribution >= 4 is 0 Å². The molecule has 2 nitrogen and oxygen atoms in total. The smallest absolute Gasteiger partial charge is 0.0111 e. The van der Waals surface area contributed by atoms with Gasteiger partial charge in [0, 0.05) is 12.1 Å². The molecular formula is C10H20N2. The normalized spacial score (nSPS) is 37.5. The van der Waals surface area contributed by atoms with Crippen molar-refractivity contribution in [2.45, 2.75) is 38.3 Å². The van der Waals surface area contributed by atoms with Crippen LogP contribution >= 0.6 is 0 Å². The van der Waals surface area contributed by atoms with Gasteiger partial charge in [0.15, 0.2) is 0 Å². The van der Waals surface area contributed by atoms with Crippen molar-refractivity contribution in [2.24, 2.45) is 5.92 Å². The zero-order valence-electron chi connectivity index (χ0n) is 8.21. The number of likely N-dealkylation sites (tertiary alicyclic amines) is 1. The molecule has 1 aliphatic carbocycles. The molecule has 0 aromatic rings. The van der Waals surface area contributed by atoms with E-state index in [0.717, 1.165) is 18.0 Å². The predicted molar refractivity (Wildman–Crippen MR) is 51.2 cm³/mol. The number of rotatable bonds is 3. The highest BCUT2D eigenvalue weighted by Crippen LogP contribution is 2.35. The molecule has 2 heteroatoms. The van der Waals surface area contributed by atoms with Gasteiger partial charge in [-0.1, -0.05) is 0 Å². The first-order chi connectivity index (χ1) is 5.83. The fraction of sp³-hybridized carbons (Fsp3) is 1.00. The van der Waals surface area contributed by atoms with Crippen LogP contribution in [0.5, 0.6) is 0 Å². The molecule has 2 fully saturated rings. The Hall–Kier alpha value is -0.0800. The van der Waals surface area contributed by atoms with Gasteiger partial charge in [-0.2, -0.15) is 0 Å². The van der Waals surface area contributed by atoms with E-state index >= 15 is 0 Å². The maximum atomic E-state index is 3.29. The van der Waals surface area contributed by atoms with E-state index in [1.807, 2.05) is 0 Å². The molecule has 0 aromatic carbocycles. The predicted octanol–water partition coefficient (Wildman–Crippen LogP) is 1.08. The highest BCUT2D eigenvalue weighted by atomic mass is 15.2. The Morgan fingerprint density at radius 3 is 2.67 bits per heavy atom. The first kappa shape index (κ1) is 8.52. The molecule has 1 aliphatic heterocycles. The minimum absolute atomic E-state index is 0.824. The summed E-state index contributed by atoms with van der Waals surface area (Å²) in [6, 6.07) is 1.78. The van der Waals surface area contributed by atoms with Crippen LogP contribution in [-0.4, -0.2) is 37.1 Å². The SMILES string of the molecule is CNCC1CCN(C2CC2)C1C. The highest BCUT2D eigenvalue weighted by Gasteiger charge is 2.38. The lowest BCUT2D eigenvalue weighted by molar-refractivity contribution is 0.231. The van der Waals surface area contributed by atoms with Crippen LogP contribution in [-0.2, 0) is 0 Å². The quantitative estimate of drug-likeness (QED) is 0.678. The van der Waals surface area contributed by atoms with Crippen LogP contribution in [0.15, 0.2) is 0 Å². The van der Waals surface area contributed by atoms with Crippen LogP contribution in [0.25, 0.3) is 0 Å². The van der Waals surface area contributed by atoms with Crippen LogP contribution in [0.2, 0.25) is 0 Å². The number of hydrogen-bond acceptors (Lipinski definition) is 2. The van der Waals surface area contributed by atoms with Crippen LogP contribution in [0.3, 0.4) is 0 Å². The van der Waals surface area contributed by atoms with E-state index in [0.29, 0.717) is 0 Å². The molecule has 70 valence electrons. The number of nitrogens with one attached hydrogen (secondary N) is 1. The van der Waals surface area contributed by atoms with Crippen molar-refractivity contribution in [3.8, 4) is 0 Å². The Bertz CT molecular complexity index is 154. The van der Waals surface area contributed by atoms with Crippen molar-refractivity contribution in [3.05, 3.63) is 0 Å². The standard InChI is InChI=1S/C10H20N2/c1-8-9(7-11-2)5-6-12(8)10-3-4-10/h8-11H,3-7H2,1-2H3. The minimum Gasteiger partial charge on any atom is -0.319 e. The number of nitrogens with zero attached hydrogens (tertiary/aromatic N) is 1. The first-order valence-electron chi connectivity index (χ1n) is 5.23. The van der Waals surface area contributed by atoms with Crippen molar-refractivity contribution in [3.63, 3.8) is 0 Å². The summed E-state index contributed by atoms with van der Waals surface area (Å²) in [6.45, 7) is 4.94. The van der Waals surface area contributed by atoms with E-state index in [4.69, 9.17) is 0 Å². The first-order valence-corrected chi connectivity index (χ1v) is 5.23. The van der Waals surface area contributed by atoms with Gasteiger partial charge in [0.2, 0.25) is 0 Å². The second-order valence-corrected chi connectivity index (χ2v) is 4.32. The van der Waals surface area contributed by atoms with Crippen molar-refractivity contribution in [1.29, 1.82) is 0 Å². The van der Waals surface area contributed by atoms with E-state index < -0.39 is 0 Å². The van der Waals surface area contributed by atoms with Gasteiger partial charge in [0.25, 0.3) is 0 Å². The summed E-state index contributed by atoms with van der Waals surface area (Å²) in [6.07, 6.45) is 4.31. The molecule has 0 radical (unpaired) electrons. The molecule has 12 heavy (non-hydrogen) atoms. The minimum atomic E-state index is 0.824. The summed E-state index contributed by atoms with van der Waals surface area (Å²) in [5, 5.41) is 3.29. The molecule has 2 rings (SSSR count). The fourth-order valence-electron chi connectivity index (χ4n) is 2.49. The maximum Gasteiger partial charge on any atom is 0.0111 e. The fourth-order valence-corrected chi connectivity index (χ4v) is 2.49. The van der Waals surface area contributed by atoms with Crippen molar-refractivity contribution in [2.75, 3.05) is 20.1 Å². The zero-order valence-corrected chi connectivity index (χ0v) is 8.21. The summed E-state index contributed by atoms with van der Waals surface area (Å²) < 4.78 is 0. The van der Waals surface area contributed by atoms with E-state index in [1.54, 1.807) is 0 Å². The Morgan fingerprint density at radius 1 is 1.33 bits per heavy atom. The maximum absolute atomic E-state index is 3.29. The summed E-state index contributed by atoms with van der Waals surface area (Å²) in [5.41, 5.74) is 0. The third kappa shape index (κ3) is 1.50. The second-order valence-electron chi connectivity index (χ2n) is 4.32. The lowest BCUT2D eigenvalue weighted by atomic mass is 10.0. The third-order valence-electron chi connectivity index (χ3n) is 3.45. The molecule has 2 unspecified atom stereocenters. The Labute approximate surface area is 75.3 Å². The van der Waals surface area contributed by atoms with Crippen LogP contribution in [0.4, 0.5) is 0 Å². The summed E-state index contributed by atoms with van der Waals surface area (Å²) >= 11 is 0. The van der Waals surface area contributed by atoms with Gasteiger partial charge in [0.1, 0.15) is 0 Å². The molecule has 0 amide bonds. The van der Waals surface area contributed by atoms with Crippen molar-refractivity contribution < 1.29 is 0 Å². The topological polar surface area (TPSA) is 15.3 Å². The summed E-state index contributed by atoms with van der Waals surface area (Å²) in [7, 11) is 2.06. The average molecular weight is 168 g/mol. The van der Waals surface area contributed by atoms with Gasteiger partial charge in [-0.15, -0.1) is 0 Å². The van der Waals surface area contributed by atoms with Gasteiger partial charge in [-0.05, 0) is 52.2 Å². The molecular weight excluding hydrogens is 148 g/mol. The molecule has 2 atom stereocenters.